The van der Waals surface area contributed by atoms with E-state index in [1.54, 1.807) is 6.92 Å². The third kappa shape index (κ3) is 4.31. The monoisotopic (exact) mass is 330 g/mol. The molecule has 0 radical (unpaired) electrons. The van der Waals surface area contributed by atoms with Crippen LogP contribution in [-0.4, -0.2) is 35.6 Å². The Morgan fingerprint density at radius 1 is 1.26 bits per heavy atom. The van der Waals surface area contributed by atoms with Crippen LogP contribution in [0.25, 0.3) is 5.57 Å². The molecule has 126 valence electrons. The highest BCUT2D eigenvalue weighted by molar-refractivity contribution is 5.95. The molecule has 2 atom stereocenters. The van der Waals surface area contributed by atoms with Crippen LogP contribution >= 0.6 is 0 Å². The van der Waals surface area contributed by atoms with Crippen LogP contribution in [0.15, 0.2) is 30.3 Å². The van der Waals surface area contributed by atoms with E-state index in [4.69, 9.17) is 5.73 Å². The Bertz CT molecular complexity index is 595. The van der Waals surface area contributed by atoms with Crippen LogP contribution in [0.2, 0.25) is 0 Å². The molecule has 0 aromatic heterocycles. The molecule has 1 heterocycles. The number of alkyl halides is 3. The maximum absolute atomic E-state index is 13.1. The SMILES string of the molecule is CC(=CC(=O)N1CC(N)CCC1C(F)(F)F)c1ccc(F)cc1. The van der Waals surface area contributed by atoms with Gasteiger partial charge in [-0.05, 0) is 43.0 Å². The van der Waals surface area contributed by atoms with Gasteiger partial charge in [0.05, 0.1) is 0 Å². The van der Waals surface area contributed by atoms with Crippen molar-refractivity contribution >= 4 is 11.5 Å². The minimum Gasteiger partial charge on any atom is -0.326 e. The Morgan fingerprint density at radius 2 is 1.87 bits per heavy atom. The number of allylic oxidation sites excluding steroid dienone is 1. The summed E-state index contributed by atoms with van der Waals surface area (Å²) in [4.78, 5) is 13.1. The molecule has 2 N–H and O–H groups in total. The topological polar surface area (TPSA) is 46.3 Å². The quantitative estimate of drug-likeness (QED) is 0.669. The lowest BCUT2D eigenvalue weighted by Gasteiger charge is -2.38. The van der Waals surface area contributed by atoms with E-state index < -0.39 is 30.0 Å². The predicted molar refractivity (Wildman–Crippen MR) is 78.8 cm³/mol. The van der Waals surface area contributed by atoms with Gasteiger partial charge in [0, 0.05) is 18.7 Å². The third-order valence-electron chi connectivity index (χ3n) is 3.92. The van der Waals surface area contributed by atoms with Gasteiger partial charge in [0.15, 0.2) is 0 Å². The number of piperidine rings is 1. The van der Waals surface area contributed by atoms with Crippen molar-refractivity contribution in [3.8, 4) is 0 Å². The van der Waals surface area contributed by atoms with Crippen molar-refractivity contribution in [2.24, 2.45) is 5.73 Å². The maximum Gasteiger partial charge on any atom is 0.408 e. The van der Waals surface area contributed by atoms with E-state index in [-0.39, 0.29) is 19.4 Å². The van der Waals surface area contributed by atoms with E-state index in [0.717, 1.165) is 11.0 Å². The van der Waals surface area contributed by atoms with Gasteiger partial charge in [0.2, 0.25) is 5.91 Å². The Labute approximate surface area is 131 Å². The van der Waals surface area contributed by atoms with Crippen molar-refractivity contribution in [2.45, 2.75) is 38.0 Å². The lowest BCUT2D eigenvalue weighted by atomic mass is 9.97. The number of rotatable bonds is 2. The zero-order valence-electron chi connectivity index (χ0n) is 12.6. The second-order valence-electron chi connectivity index (χ2n) is 5.72. The molecule has 1 aromatic carbocycles. The molecule has 0 aliphatic carbocycles. The highest BCUT2D eigenvalue weighted by Crippen LogP contribution is 2.32. The first-order chi connectivity index (χ1) is 10.7. The number of amides is 1. The van der Waals surface area contributed by atoms with Crippen LogP contribution in [0.3, 0.4) is 0 Å². The lowest BCUT2D eigenvalue weighted by Crippen LogP contribution is -2.56. The summed E-state index contributed by atoms with van der Waals surface area (Å²) in [7, 11) is 0. The van der Waals surface area contributed by atoms with Crippen LogP contribution in [0.4, 0.5) is 17.6 Å². The molecular formula is C16H18F4N2O. The number of nitrogens with two attached hydrogens (primary N) is 1. The number of hydrogen-bond donors (Lipinski definition) is 1. The standard InChI is InChI=1S/C16H18F4N2O/c1-10(11-2-4-12(17)5-3-11)8-15(23)22-9-13(21)6-7-14(22)16(18,19)20/h2-5,8,13-14H,6-7,9,21H2,1H3. The minimum atomic E-state index is -4.48. The van der Waals surface area contributed by atoms with Crippen LogP contribution in [0, 0.1) is 5.82 Å². The molecule has 0 bridgehead atoms. The van der Waals surface area contributed by atoms with E-state index in [9.17, 15) is 22.4 Å². The number of benzene rings is 1. The van der Waals surface area contributed by atoms with Gasteiger partial charge in [-0.2, -0.15) is 13.2 Å². The molecule has 2 rings (SSSR count). The number of hydrogen-bond acceptors (Lipinski definition) is 2. The van der Waals surface area contributed by atoms with Gasteiger partial charge in [-0.15, -0.1) is 0 Å². The van der Waals surface area contributed by atoms with Crippen LogP contribution in [0.1, 0.15) is 25.3 Å². The average Bonchev–Trinajstić information content (AvgIpc) is 2.46. The first-order valence-electron chi connectivity index (χ1n) is 7.25. The summed E-state index contributed by atoms with van der Waals surface area (Å²) in [5, 5.41) is 0. The summed E-state index contributed by atoms with van der Waals surface area (Å²) in [5.74, 6) is -1.16. The Balaban J connectivity index is 2.22. The Hall–Kier alpha value is -1.89. The molecule has 0 saturated carbocycles. The second-order valence-corrected chi connectivity index (χ2v) is 5.72. The fourth-order valence-corrected chi connectivity index (χ4v) is 2.65. The fraction of sp³-hybridized carbons (Fsp3) is 0.438. The highest BCUT2D eigenvalue weighted by Gasteiger charge is 2.47. The zero-order chi connectivity index (χ0) is 17.2. The normalized spacial score (nSPS) is 23.0. The number of halogens is 4. The molecular weight excluding hydrogens is 312 g/mol. The summed E-state index contributed by atoms with van der Waals surface area (Å²) < 4.78 is 52.2. The molecule has 3 nitrogen and oxygen atoms in total. The van der Waals surface area contributed by atoms with Gasteiger partial charge in [-0.3, -0.25) is 4.79 Å². The average molecular weight is 330 g/mol. The molecule has 2 unspecified atom stereocenters. The van der Waals surface area contributed by atoms with Crippen molar-refractivity contribution < 1.29 is 22.4 Å². The Kier molecular flexibility index (Phi) is 5.09. The summed E-state index contributed by atoms with van der Waals surface area (Å²) in [5.41, 5.74) is 6.74. The number of nitrogens with zero attached hydrogens (tertiary/aromatic N) is 1. The summed E-state index contributed by atoms with van der Waals surface area (Å²) in [6.45, 7) is 1.47. The van der Waals surface area contributed by atoms with Crippen LogP contribution in [-0.2, 0) is 4.79 Å². The van der Waals surface area contributed by atoms with E-state index in [1.807, 2.05) is 0 Å². The van der Waals surface area contributed by atoms with E-state index in [0.29, 0.717) is 11.1 Å². The van der Waals surface area contributed by atoms with E-state index in [2.05, 4.69) is 0 Å². The molecule has 1 aromatic rings. The van der Waals surface area contributed by atoms with Crippen molar-refractivity contribution in [3.63, 3.8) is 0 Å². The number of carbonyl (C=O) groups is 1. The molecule has 1 fully saturated rings. The zero-order valence-corrected chi connectivity index (χ0v) is 12.6. The lowest BCUT2D eigenvalue weighted by molar-refractivity contribution is -0.194. The fourth-order valence-electron chi connectivity index (χ4n) is 2.65. The predicted octanol–water partition coefficient (Wildman–Crippen LogP) is 3.11. The van der Waals surface area contributed by atoms with Crippen molar-refractivity contribution in [1.82, 2.24) is 4.90 Å². The van der Waals surface area contributed by atoms with Crippen LogP contribution in [0.5, 0.6) is 0 Å². The van der Waals surface area contributed by atoms with Gasteiger partial charge >= 0.3 is 6.18 Å². The summed E-state index contributed by atoms with van der Waals surface area (Å²) >= 11 is 0. The molecule has 0 spiro atoms. The minimum absolute atomic E-state index is 0.129. The first kappa shape index (κ1) is 17.5. The smallest absolute Gasteiger partial charge is 0.326 e. The molecule has 23 heavy (non-hydrogen) atoms. The van der Waals surface area contributed by atoms with Crippen molar-refractivity contribution in [1.29, 1.82) is 0 Å². The largest absolute Gasteiger partial charge is 0.408 e. The van der Waals surface area contributed by atoms with Gasteiger partial charge in [-0.25, -0.2) is 4.39 Å². The summed E-state index contributed by atoms with van der Waals surface area (Å²) in [6.07, 6.45) is -3.30. The molecule has 1 aliphatic heterocycles. The van der Waals surface area contributed by atoms with Gasteiger partial charge in [0.25, 0.3) is 0 Å². The van der Waals surface area contributed by atoms with Gasteiger partial charge in [0.1, 0.15) is 11.9 Å². The van der Waals surface area contributed by atoms with E-state index in [1.165, 1.54) is 24.3 Å². The Morgan fingerprint density at radius 3 is 2.43 bits per heavy atom. The molecule has 1 amide bonds. The first-order valence-corrected chi connectivity index (χ1v) is 7.25. The maximum atomic E-state index is 13.1. The summed E-state index contributed by atoms with van der Waals surface area (Å²) in [6, 6.07) is 3.12. The van der Waals surface area contributed by atoms with Gasteiger partial charge in [-0.1, -0.05) is 12.1 Å². The molecule has 1 aliphatic rings. The second kappa shape index (κ2) is 6.70. The number of likely N-dealkylation sites (tertiary alicyclic amines) is 1. The van der Waals surface area contributed by atoms with E-state index >= 15 is 0 Å². The molecule has 7 heteroatoms. The molecule has 1 saturated heterocycles. The van der Waals surface area contributed by atoms with Crippen molar-refractivity contribution in [2.75, 3.05) is 6.54 Å². The number of carbonyl (C=O) groups excluding carboxylic acids is 1. The highest BCUT2D eigenvalue weighted by atomic mass is 19.4. The third-order valence-corrected chi connectivity index (χ3v) is 3.92. The van der Waals surface area contributed by atoms with Crippen molar-refractivity contribution in [3.05, 3.63) is 41.7 Å². The van der Waals surface area contributed by atoms with Gasteiger partial charge < -0.3 is 10.6 Å². The van der Waals surface area contributed by atoms with Crippen LogP contribution < -0.4 is 5.73 Å².